The van der Waals surface area contributed by atoms with E-state index in [1.807, 2.05) is 18.4 Å². The van der Waals surface area contributed by atoms with Gasteiger partial charge in [-0.25, -0.2) is 0 Å². The molecule has 0 saturated carbocycles. The summed E-state index contributed by atoms with van der Waals surface area (Å²) in [5, 5.41) is 18.5. The molecule has 108 valence electrons. The van der Waals surface area contributed by atoms with Crippen molar-refractivity contribution >= 4 is 11.3 Å². The van der Waals surface area contributed by atoms with Gasteiger partial charge in [-0.2, -0.15) is 5.26 Å². The smallest absolute Gasteiger partial charge is 0.244 e. The zero-order valence-corrected chi connectivity index (χ0v) is 12.5. The number of nitrogens with two attached hydrogens (primary N) is 1. The number of ether oxygens (including phenoxy) is 2. The van der Waals surface area contributed by atoms with Crippen LogP contribution in [0.15, 0.2) is 22.9 Å². The van der Waals surface area contributed by atoms with Crippen molar-refractivity contribution < 1.29 is 9.47 Å². The van der Waals surface area contributed by atoms with Crippen molar-refractivity contribution in [2.45, 2.75) is 19.4 Å². The number of hydrogen-bond donors (Lipinski definition) is 2. The van der Waals surface area contributed by atoms with Gasteiger partial charge in [-0.15, -0.1) is 16.4 Å². The molecule has 2 aromatic heterocycles. The highest BCUT2D eigenvalue weighted by molar-refractivity contribution is 7.10. The summed E-state index contributed by atoms with van der Waals surface area (Å²) in [6.07, 6.45) is 0. The molecule has 0 amide bonds. The molecule has 0 aromatic carbocycles. The Hall–Kier alpha value is -2.30. The second kappa shape index (κ2) is 5.24. The lowest BCUT2D eigenvalue weighted by atomic mass is 9.87. The van der Waals surface area contributed by atoms with Crippen molar-refractivity contribution in [1.29, 1.82) is 5.26 Å². The molecule has 0 radical (unpaired) electrons. The Morgan fingerprint density at radius 2 is 2.43 bits per heavy atom. The monoisotopic (exact) mass is 302 g/mol. The Kier molecular flexibility index (Phi) is 3.41. The highest BCUT2D eigenvalue weighted by Crippen LogP contribution is 2.45. The summed E-state index contributed by atoms with van der Waals surface area (Å²) < 4.78 is 10.7. The summed E-state index contributed by atoms with van der Waals surface area (Å²) in [6, 6.07) is 4.20. The number of allylic oxidation sites excluding steroid dienone is 1. The molecule has 3 rings (SSSR count). The zero-order chi connectivity index (χ0) is 15.0. The average molecular weight is 302 g/mol. The summed E-state index contributed by atoms with van der Waals surface area (Å²) in [6.45, 7) is 2.38. The molecule has 1 atom stereocenters. The van der Waals surface area contributed by atoms with Crippen LogP contribution in [0.25, 0.3) is 0 Å². The van der Waals surface area contributed by atoms with Gasteiger partial charge >= 0.3 is 0 Å². The Bertz CT molecular complexity index is 753. The van der Waals surface area contributed by atoms with Crippen molar-refractivity contribution in [2.24, 2.45) is 5.73 Å². The number of thiophene rings is 1. The van der Waals surface area contributed by atoms with Gasteiger partial charge in [-0.05, 0) is 23.9 Å². The summed E-state index contributed by atoms with van der Waals surface area (Å²) in [5.74, 6) is 0.261. The maximum absolute atomic E-state index is 9.48. The molecule has 2 aromatic rings. The fourth-order valence-corrected chi connectivity index (χ4v) is 3.55. The van der Waals surface area contributed by atoms with E-state index in [1.165, 1.54) is 0 Å². The van der Waals surface area contributed by atoms with Gasteiger partial charge in [0.15, 0.2) is 0 Å². The number of aryl methyl sites for hydroxylation is 1. The summed E-state index contributed by atoms with van der Waals surface area (Å²) in [7, 11) is 1.61. The molecule has 1 aliphatic rings. The van der Waals surface area contributed by atoms with Crippen LogP contribution in [0.5, 0.6) is 5.88 Å². The fraction of sp³-hybridized carbons (Fsp3) is 0.286. The van der Waals surface area contributed by atoms with E-state index in [0.29, 0.717) is 18.1 Å². The molecule has 6 nitrogen and oxygen atoms in total. The van der Waals surface area contributed by atoms with Gasteiger partial charge in [0.05, 0.1) is 23.8 Å². The number of H-pyrrole nitrogens is 1. The van der Waals surface area contributed by atoms with Gasteiger partial charge in [0.2, 0.25) is 11.8 Å². The SMILES string of the molecule is COCc1[nH]nc2c1[C@H](c1sccc1C)C(C#N)=C(N)O2. The first-order valence-electron chi connectivity index (χ1n) is 6.35. The third kappa shape index (κ3) is 2.09. The number of aromatic nitrogens is 2. The minimum atomic E-state index is -0.261. The van der Waals surface area contributed by atoms with Gasteiger partial charge in [-0.1, -0.05) is 0 Å². The number of rotatable bonds is 3. The largest absolute Gasteiger partial charge is 0.420 e. The maximum atomic E-state index is 9.48. The number of aromatic amines is 1. The van der Waals surface area contributed by atoms with Gasteiger partial charge in [0.1, 0.15) is 11.6 Å². The molecule has 0 fully saturated rings. The van der Waals surface area contributed by atoms with Crippen LogP contribution in [0.1, 0.15) is 27.6 Å². The van der Waals surface area contributed by atoms with Crippen molar-refractivity contribution in [3.63, 3.8) is 0 Å². The van der Waals surface area contributed by atoms with E-state index in [2.05, 4.69) is 16.3 Å². The molecule has 3 N–H and O–H groups in total. The van der Waals surface area contributed by atoms with Crippen LogP contribution in [0.4, 0.5) is 0 Å². The fourth-order valence-electron chi connectivity index (χ4n) is 2.51. The number of nitrogens with one attached hydrogen (secondary N) is 1. The van der Waals surface area contributed by atoms with Crippen LogP contribution in [0.2, 0.25) is 0 Å². The van der Waals surface area contributed by atoms with Crippen molar-refractivity contribution in [3.05, 3.63) is 44.6 Å². The van der Waals surface area contributed by atoms with Crippen LogP contribution in [0, 0.1) is 18.3 Å². The van der Waals surface area contributed by atoms with Crippen LogP contribution in [-0.4, -0.2) is 17.3 Å². The number of hydrogen-bond acceptors (Lipinski definition) is 6. The second-order valence-electron chi connectivity index (χ2n) is 4.75. The van der Waals surface area contributed by atoms with E-state index < -0.39 is 0 Å². The average Bonchev–Trinajstić information content (AvgIpc) is 3.05. The molecule has 0 spiro atoms. The minimum Gasteiger partial charge on any atom is -0.420 e. The summed E-state index contributed by atoms with van der Waals surface area (Å²) >= 11 is 1.59. The lowest BCUT2D eigenvalue weighted by Crippen LogP contribution is -2.21. The van der Waals surface area contributed by atoms with E-state index in [0.717, 1.165) is 21.7 Å². The van der Waals surface area contributed by atoms with Gasteiger partial charge in [0.25, 0.3) is 0 Å². The molecule has 3 heterocycles. The highest BCUT2D eigenvalue weighted by atomic mass is 32.1. The molecule has 0 bridgehead atoms. The van der Waals surface area contributed by atoms with E-state index in [4.69, 9.17) is 15.2 Å². The predicted molar refractivity (Wildman–Crippen MR) is 77.7 cm³/mol. The Labute approximate surface area is 125 Å². The number of methoxy groups -OCH3 is 1. The quantitative estimate of drug-likeness (QED) is 0.905. The molecular weight excluding hydrogens is 288 g/mol. The van der Waals surface area contributed by atoms with Crippen LogP contribution >= 0.6 is 11.3 Å². The van der Waals surface area contributed by atoms with Gasteiger partial charge in [0, 0.05) is 12.0 Å². The first-order valence-corrected chi connectivity index (χ1v) is 7.23. The minimum absolute atomic E-state index is 0.110. The number of fused-ring (bicyclic) bond motifs is 1. The standard InChI is InChI=1S/C14H14N4O2S/c1-7-3-4-21-12(7)10-8(5-15)13(16)20-14-11(10)9(6-19-2)17-18-14/h3-4,10H,6,16H2,1-2H3,(H,17,18)/t10-/m1/s1. The lowest BCUT2D eigenvalue weighted by molar-refractivity contribution is 0.180. The topological polar surface area (TPSA) is 97.0 Å². The van der Waals surface area contributed by atoms with E-state index in [9.17, 15) is 5.26 Å². The first-order chi connectivity index (χ1) is 10.2. The molecule has 0 saturated heterocycles. The van der Waals surface area contributed by atoms with Crippen molar-refractivity contribution in [2.75, 3.05) is 7.11 Å². The van der Waals surface area contributed by atoms with E-state index in [1.54, 1.807) is 18.4 Å². The Morgan fingerprint density at radius 3 is 3.05 bits per heavy atom. The third-order valence-corrected chi connectivity index (χ3v) is 4.55. The molecular formula is C14H14N4O2S. The first kappa shape index (κ1) is 13.7. The number of nitrogens with zero attached hydrogens (tertiary/aromatic N) is 2. The summed E-state index contributed by atoms with van der Waals surface area (Å²) in [4.78, 5) is 1.07. The Morgan fingerprint density at radius 1 is 1.62 bits per heavy atom. The van der Waals surface area contributed by atoms with Crippen molar-refractivity contribution in [1.82, 2.24) is 10.2 Å². The van der Waals surface area contributed by atoms with Gasteiger partial charge in [-0.3, -0.25) is 5.10 Å². The highest BCUT2D eigenvalue weighted by Gasteiger charge is 2.36. The lowest BCUT2D eigenvalue weighted by Gasteiger charge is -2.23. The predicted octanol–water partition coefficient (Wildman–Crippen LogP) is 2.14. The molecule has 1 aliphatic heterocycles. The van der Waals surface area contributed by atoms with Gasteiger partial charge < -0.3 is 15.2 Å². The Balaban J connectivity index is 2.22. The molecule has 21 heavy (non-hydrogen) atoms. The van der Waals surface area contributed by atoms with E-state index in [-0.39, 0.29) is 11.8 Å². The zero-order valence-electron chi connectivity index (χ0n) is 11.6. The maximum Gasteiger partial charge on any atom is 0.244 e. The van der Waals surface area contributed by atoms with Crippen LogP contribution in [0.3, 0.4) is 0 Å². The van der Waals surface area contributed by atoms with Crippen LogP contribution < -0.4 is 10.5 Å². The normalized spacial score (nSPS) is 17.3. The number of nitriles is 1. The second-order valence-corrected chi connectivity index (χ2v) is 5.69. The van der Waals surface area contributed by atoms with Crippen LogP contribution in [-0.2, 0) is 11.3 Å². The van der Waals surface area contributed by atoms with Crippen molar-refractivity contribution in [3.8, 4) is 11.9 Å². The molecule has 0 unspecified atom stereocenters. The third-order valence-electron chi connectivity index (χ3n) is 3.47. The summed E-state index contributed by atoms with van der Waals surface area (Å²) in [5.41, 5.74) is 9.04. The van der Waals surface area contributed by atoms with E-state index >= 15 is 0 Å². The molecule has 0 aliphatic carbocycles. The molecule has 7 heteroatoms.